The number of rotatable bonds is 13. The highest BCUT2D eigenvalue weighted by molar-refractivity contribution is 9.10. The fourth-order valence-corrected chi connectivity index (χ4v) is 6.17. The Morgan fingerprint density at radius 2 is 2.00 bits per heavy atom. The van der Waals surface area contributed by atoms with Gasteiger partial charge in [0.2, 0.25) is 6.41 Å². The predicted octanol–water partition coefficient (Wildman–Crippen LogP) is 8.30. The summed E-state index contributed by atoms with van der Waals surface area (Å²) in [5, 5.41) is 3.68. The number of nitrogens with zero attached hydrogens (tertiary/aromatic N) is 1. The molecule has 3 N–H and O–H groups in total. The molecular formula is C31H29BrF2N4O2S. The second kappa shape index (κ2) is 13.4. The Morgan fingerprint density at radius 1 is 1.12 bits per heavy atom. The maximum Gasteiger partial charge on any atom is 0.207 e. The third-order valence-corrected chi connectivity index (χ3v) is 8.30. The third-order valence-electron chi connectivity index (χ3n) is 6.74. The van der Waals surface area contributed by atoms with Gasteiger partial charge in [-0.25, -0.2) is 13.8 Å². The molecule has 10 heteroatoms. The molecule has 0 fully saturated rings. The van der Waals surface area contributed by atoms with Crippen LogP contribution < -0.4 is 10.1 Å². The molecule has 5 aromatic rings. The second-order valence-corrected chi connectivity index (χ2v) is 11.7. The van der Waals surface area contributed by atoms with Gasteiger partial charge in [-0.05, 0) is 66.3 Å². The number of aryl methyl sites for hydroxylation is 1. The number of amides is 1. The first-order chi connectivity index (χ1) is 20.0. The second-order valence-electron chi connectivity index (χ2n) is 9.52. The lowest BCUT2D eigenvalue weighted by atomic mass is 10.0. The summed E-state index contributed by atoms with van der Waals surface area (Å²) in [6.07, 6.45) is 6.85. The van der Waals surface area contributed by atoms with E-state index in [-0.39, 0.29) is 22.9 Å². The third kappa shape index (κ3) is 6.65. The molecule has 1 amide bonds. The first kappa shape index (κ1) is 28.9. The number of halogens is 3. The molecule has 0 saturated carbocycles. The van der Waals surface area contributed by atoms with E-state index in [1.54, 1.807) is 12.4 Å². The number of imidazole rings is 1. The number of H-pyrrole nitrogens is 2. The van der Waals surface area contributed by atoms with Crippen molar-refractivity contribution < 1.29 is 18.3 Å². The van der Waals surface area contributed by atoms with Crippen molar-refractivity contribution in [3.63, 3.8) is 0 Å². The lowest BCUT2D eigenvalue weighted by molar-refractivity contribution is -0.110. The molecule has 1 atom stereocenters. The van der Waals surface area contributed by atoms with Gasteiger partial charge in [0.15, 0.2) is 11.6 Å². The Morgan fingerprint density at radius 3 is 2.80 bits per heavy atom. The number of nitrogens with one attached hydrogen (secondary N) is 3. The molecule has 212 valence electrons. The molecule has 0 bridgehead atoms. The first-order valence-electron chi connectivity index (χ1n) is 13.3. The fraction of sp³-hybridized carbons (Fsp3) is 0.226. The van der Waals surface area contributed by atoms with Crippen molar-refractivity contribution in [2.75, 3.05) is 11.5 Å². The average molecular weight is 640 g/mol. The van der Waals surface area contributed by atoms with E-state index in [1.807, 2.05) is 42.1 Å². The Labute approximate surface area is 249 Å². The Hall–Kier alpha value is -3.63. The van der Waals surface area contributed by atoms with Crippen LogP contribution in [0.2, 0.25) is 0 Å². The highest BCUT2D eigenvalue weighted by Gasteiger charge is 2.20. The van der Waals surface area contributed by atoms with E-state index < -0.39 is 17.7 Å². The smallest absolute Gasteiger partial charge is 0.207 e. The van der Waals surface area contributed by atoms with Gasteiger partial charge in [0.25, 0.3) is 0 Å². The number of carbonyl (C=O) groups is 1. The molecule has 1 unspecified atom stereocenters. The van der Waals surface area contributed by atoms with E-state index in [0.29, 0.717) is 24.0 Å². The zero-order chi connectivity index (χ0) is 28.8. The summed E-state index contributed by atoms with van der Waals surface area (Å²) in [5.41, 5.74) is 3.02. The van der Waals surface area contributed by atoms with E-state index in [4.69, 9.17) is 4.74 Å². The van der Waals surface area contributed by atoms with Gasteiger partial charge >= 0.3 is 0 Å². The summed E-state index contributed by atoms with van der Waals surface area (Å²) >= 11 is 5.28. The lowest BCUT2D eigenvalue weighted by Gasteiger charge is -2.15. The van der Waals surface area contributed by atoms with Crippen LogP contribution in [0.4, 0.5) is 8.78 Å². The topological polar surface area (TPSA) is 82.8 Å². The molecule has 0 saturated heterocycles. The van der Waals surface area contributed by atoms with E-state index in [0.717, 1.165) is 45.3 Å². The summed E-state index contributed by atoms with van der Waals surface area (Å²) < 4.78 is 37.4. The van der Waals surface area contributed by atoms with Gasteiger partial charge in [-0.15, -0.1) is 0 Å². The largest absolute Gasteiger partial charge is 0.454 e. The summed E-state index contributed by atoms with van der Waals surface area (Å²) in [6.45, 7) is 2.16. The van der Waals surface area contributed by atoms with Crippen LogP contribution >= 0.6 is 27.7 Å². The monoisotopic (exact) mass is 638 g/mol. The number of hydrogen-bond donors (Lipinski definition) is 3. The molecule has 5 rings (SSSR count). The van der Waals surface area contributed by atoms with Gasteiger partial charge in [0.1, 0.15) is 17.4 Å². The zero-order valence-electron chi connectivity index (χ0n) is 22.3. The van der Waals surface area contributed by atoms with Crippen LogP contribution in [0.3, 0.4) is 0 Å². The summed E-state index contributed by atoms with van der Waals surface area (Å²) in [7, 11) is 0. The molecule has 0 aliphatic carbocycles. The molecule has 0 radical (unpaired) electrons. The van der Waals surface area contributed by atoms with Crippen molar-refractivity contribution in [2.45, 2.75) is 32.2 Å². The molecule has 0 aliphatic rings. The van der Waals surface area contributed by atoms with Crippen LogP contribution in [-0.2, 0) is 11.2 Å². The standard InChI is InChI=1S/C31H29BrF2N4O2S/c1-2-3-12-41-13-10-23-22-9-11-35-27(22)16-26(34)30(23)40-21-7-8-25(33)24(15-21)31-36-17-28(38-31)29(37-18-39)19-5-4-6-20(32)14-19/h4-9,11,14-18,29,35H,2-3,10,12-13H2,1H3,(H,36,38)(H,37,39). The number of thioether (sulfide) groups is 1. The minimum atomic E-state index is -0.520. The lowest BCUT2D eigenvalue weighted by Crippen LogP contribution is -2.21. The highest BCUT2D eigenvalue weighted by atomic mass is 79.9. The van der Waals surface area contributed by atoms with E-state index in [2.05, 4.69) is 43.1 Å². The van der Waals surface area contributed by atoms with Crippen LogP contribution in [-0.4, -0.2) is 32.9 Å². The van der Waals surface area contributed by atoms with E-state index in [9.17, 15) is 4.79 Å². The molecule has 2 aromatic heterocycles. The van der Waals surface area contributed by atoms with Crippen LogP contribution in [0.5, 0.6) is 11.5 Å². The number of ether oxygens (including phenoxy) is 1. The van der Waals surface area contributed by atoms with E-state index in [1.165, 1.54) is 24.3 Å². The quantitative estimate of drug-likeness (QED) is 0.0895. The van der Waals surface area contributed by atoms with Gasteiger partial charge < -0.3 is 20.0 Å². The van der Waals surface area contributed by atoms with Crippen molar-refractivity contribution in [3.8, 4) is 22.9 Å². The highest BCUT2D eigenvalue weighted by Crippen LogP contribution is 2.37. The van der Waals surface area contributed by atoms with Gasteiger partial charge in [0.05, 0.1) is 23.5 Å². The molecule has 3 aromatic carbocycles. The molecule has 0 spiro atoms. The zero-order valence-corrected chi connectivity index (χ0v) is 24.7. The molecular weight excluding hydrogens is 610 g/mol. The Kier molecular flexibility index (Phi) is 9.41. The van der Waals surface area contributed by atoms with Crippen LogP contribution in [0, 0.1) is 11.6 Å². The number of unbranched alkanes of at least 4 members (excludes halogenated alkanes) is 1. The minimum Gasteiger partial charge on any atom is -0.454 e. The van der Waals surface area contributed by atoms with Crippen molar-refractivity contribution in [2.24, 2.45) is 0 Å². The van der Waals surface area contributed by atoms with Crippen molar-refractivity contribution in [3.05, 3.63) is 99.9 Å². The Balaban J connectivity index is 1.44. The molecule has 0 aliphatic heterocycles. The molecule has 41 heavy (non-hydrogen) atoms. The van der Waals surface area contributed by atoms with Gasteiger partial charge in [-0.1, -0.05) is 41.4 Å². The predicted molar refractivity (Wildman–Crippen MR) is 163 cm³/mol. The summed E-state index contributed by atoms with van der Waals surface area (Å²) in [6, 6.07) is 14.6. The number of carbonyl (C=O) groups excluding carboxylic acids is 1. The first-order valence-corrected chi connectivity index (χ1v) is 15.3. The Bertz CT molecular complexity index is 1650. The SMILES string of the molecule is CCCCSCCc1c(Oc2ccc(F)c(-c3ncc(C(NC=O)c4cccc(Br)c4)[nH]3)c2)c(F)cc2[nH]ccc12. The van der Waals surface area contributed by atoms with Crippen molar-refractivity contribution >= 4 is 45.0 Å². The van der Waals surface area contributed by atoms with Crippen LogP contribution in [0.25, 0.3) is 22.3 Å². The maximum absolute atomic E-state index is 15.3. The molecule has 2 heterocycles. The van der Waals surface area contributed by atoms with E-state index >= 15 is 8.78 Å². The fourth-order valence-electron chi connectivity index (χ4n) is 4.71. The van der Waals surface area contributed by atoms with Crippen molar-refractivity contribution in [1.82, 2.24) is 20.3 Å². The van der Waals surface area contributed by atoms with Crippen LogP contribution in [0.15, 0.2) is 71.5 Å². The number of fused-ring (bicyclic) bond motifs is 1. The number of hydrogen-bond acceptors (Lipinski definition) is 4. The average Bonchev–Trinajstić information content (AvgIpc) is 3.64. The maximum atomic E-state index is 15.3. The van der Waals surface area contributed by atoms with Gasteiger partial charge in [0, 0.05) is 33.2 Å². The van der Waals surface area contributed by atoms with Crippen LogP contribution in [0.1, 0.15) is 42.6 Å². The molecule has 6 nitrogen and oxygen atoms in total. The summed E-state index contributed by atoms with van der Waals surface area (Å²) in [5.74, 6) is 1.54. The minimum absolute atomic E-state index is 0.135. The number of aromatic amines is 2. The number of aromatic nitrogens is 3. The number of benzene rings is 3. The summed E-state index contributed by atoms with van der Waals surface area (Å²) in [4.78, 5) is 22.0. The van der Waals surface area contributed by atoms with Crippen molar-refractivity contribution in [1.29, 1.82) is 0 Å². The normalized spacial score (nSPS) is 12.0. The van der Waals surface area contributed by atoms with Gasteiger partial charge in [-0.2, -0.15) is 11.8 Å². The van der Waals surface area contributed by atoms with Gasteiger partial charge in [-0.3, -0.25) is 4.79 Å².